The second kappa shape index (κ2) is 6.75. The fraction of sp³-hybridized carbons (Fsp3) is 0.556. The topological polar surface area (TPSA) is 75.0 Å². The molecule has 2 aromatic heterocycles. The molecule has 0 bridgehead atoms. The first-order valence-electron chi connectivity index (χ1n) is 9.06. The Hall–Kier alpha value is -1.77. The predicted octanol–water partition coefficient (Wildman–Crippen LogP) is 0.308. The van der Waals surface area contributed by atoms with Gasteiger partial charge in [0.25, 0.3) is 5.56 Å². The maximum atomic E-state index is 12.3. The monoisotopic (exact) mass is 376 g/mol. The molecule has 1 atom stereocenters. The van der Waals surface area contributed by atoms with Gasteiger partial charge in [0, 0.05) is 51.0 Å². The summed E-state index contributed by atoms with van der Waals surface area (Å²) in [6.45, 7) is 6.07. The summed E-state index contributed by atoms with van der Waals surface area (Å²) in [6, 6.07) is 5.60. The summed E-state index contributed by atoms with van der Waals surface area (Å²) in [5, 5.41) is 0. The summed E-state index contributed by atoms with van der Waals surface area (Å²) in [6.07, 6.45) is 2.50. The number of piperazine rings is 1. The fourth-order valence-electron chi connectivity index (χ4n) is 3.97. The molecule has 0 aliphatic carbocycles. The maximum Gasteiger partial charge on any atom is 0.258 e. The largest absolute Gasteiger partial charge is 0.297 e. The molecule has 4 rings (SSSR count). The van der Waals surface area contributed by atoms with Crippen molar-refractivity contribution in [3.05, 3.63) is 46.0 Å². The van der Waals surface area contributed by atoms with E-state index in [0.29, 0.717) is 23.7 Å². The number of hydrogen-bond donors (Lipinski definition) is 0. The number of pyridine rings is 1. The lowest BCUT2D eigenvalue weighted by Gasteiger charge is -2.37. The van der Waals surface area contributed by atoms with Crippen LogP contribution in [0.1, 0.15) is 17.7 Å². The first-order valence-corrected chi connectivity index (χ1v) is 10.9. The molecule has 0 unspecified atom stereocenters. The van der Waals surface area contributed by atoms with E-state index in [1.54, 1.807) is 16.7 Å². The number of aromatic nitrogens is 2. The van der Waals surface area contributed by atoms with Gasteiger partial charge in [-0.1, -0.05) is 6.07 Å². The Morgan fingerprint density at radius 3 is 2.69 bits per heavy atom. The molecule has 2 saturated heterocycles. The van der Waals surface area contributed by atoms with Gasteiger partial charge in [0.1, 0.15) is 5.65 Å². The summed E-state index contributed by atoms with van der Waals surface area (Å²) in [5.74, 6) is 0.622. The van der Waals surface area contributed by atoms with Crippen LogP contribution in [0.25, 0.3) is 5.65 Å². The van der Waals surface area contributed by atoms with Gasteiger partial charge in [-0.3, -0.25) is 19.0 Å². The molecule has 7 nitrogen and oxygen atoms in total. The van der Waals surface area contributed by atoms with E-state index in [-0.39, 0.29) is 11.6 Å². The molecule has 0 N–H and O–H groups in total. The highest BCUT2D eigenvalue weighted by molar-refractivity contribution is 7.91. The van der Waals surface area contributed by atoms with Crippen molar-refractivity contribution in [2.24, 2.45) is 0 Å². The van der Waals surface area contributed by atoms with E-state index in [1.807, 2.05) is 19.1 Å². The first-order chi connectivity index (χ1) is 12.4. The predicted molar refractivity (Wildman–Crippen MR) is 100 cm³/mol. The van der Waals surface area contributed by atoms with Crippen molar-refractivity contribution in [1.29, 1.82) is 0 Å². The van der Waals surface area contributed by atoms with Crippen LogP contribution < -0.4 is 5.56 Å². The first kappa shape index (κ1) is 17.6. The van der Waals surface area contributed by atoms with Crippen molar-refractivity contribution in [3.8, 4) is 0 Å². The number of nitrogens with zero attached hydrogens (tertiary/aromatic N) is 4. The molecule has 2 fully saturated rings. The zero-order valence-electron chi connectivity index (χ0n) is 15.0. The van der Waals surface area contributed by atoms with Gasteiger partial charge in [-0.05, 0) is 25.0 Å². The molecule has 8 heteroatoms. The molecule has 26 heavy (non-hydrogen) atoms. The SMILES string of the molecule is Cc1cccn2c(=O)cc(CN3CCN([C@@H]4CCS(=O)(=O)C4)CC3)nc12. The lowest BCUT2D eigenvalue weighted by Crippen LogP contribution is -2.50. The van der Waals surface area contributed by atoms with Gasteiger partial charge in [-0.2, -0.15) is 0 Å². The molecule has 2 aliphatic rings. The van der Waals surface area contributed by atoms with E-state index in [0.717, 1.165) is 43.9 Å². The third kappa shape index (κ3) is 3.54. The second-order valence-electron chi connectivity index (χ2n) is 7.34. The average Bonchev–Trinajstić information content (AvgIpc) is 2.97. The standard InChI is InChI=1S/C18H24N4O3S/c1-14-3-2-5-22-17(23)11-15(19-18(14)22)12-20-6-8-21(9-7-20)16-4-10-26(24,25)13-16/h2-3,5,11,16H,4,6-10,12-13H2,1H3/t16-/m1/s1. The Balaban J connectivity index is 1.43. The minimum atomic E-state index is -2.84. The van der Waals surface area contributed by atoms with Crippen LogP contribution in [0, 0.1) is 6.92 Å². The van der Waals surface area contributed by atoms with Crippen LogP contribution in [0.15, 0.2) is 29.2 Å². The van der Waals surface area contributed by atoms with Crippen molar-refractivity contribution >= 4 is 15.5 Å². The lowest BCUT2D eigenvalue weighted by molar-refractivity contribution is 0.0992. The molecule has 0 radical (unpaired) electrons. The Morgan fingerprint density at radius 2 is 2.00 bits per heavy atom. The van der Waals surface area contributed by atoms with E-state index in [1.165, 1.54) is 0 Å². The lowest BCUT2D eigenvalue weighted by atomic mass is 10.2. The van der Waals surface area contributed by atoms with Crippen LogP contribution in [0.3, 0.4) is 0 Å². The van der Waals surface area contributed by atoms with E-state index in [4.69, 9.17) is 0 Å². The van der Waals surface area contributed by atoms with Gasteiger partial charge in [-0.15, -0.1) is 0 Å². The number of rotatable bonds is 3. The van der Waals surface area contributed by atoms with Crippen molar-refractivity contribution in [3.63, 3.8) is 0 Å². The van der Waals surface area contributed by atoms with Crippen molar-refractivity contribution in [1.82, 2.24) is 19.2 Å². The molecule has 0 saturated carbocycles. The Kier molecular flexibility index (Phi) is 4.58. The van der Waals surface area contributed by atoms with E-state index >= 15 is 0 Å². The molecule has 0 spiro atoms. The highest BCUT2D eigenvalue weighted by Gasteiger charge is 2.33. The molecule has 0 aromatic carbocycles. The normalized spacial score (nSPS) is 24.3. The van der Waals surface area contributed by atoms with Crippen LogP contribution in [-0.2, 0) is 16.4 Å². The Bertz CT molecular complexity index is 978. The number of fused-ring (bicyclic) bond motifs is 1. The van der Waals surface area contributed by atoms with Crippen molar-refractivity contribution < 1.29 is 8.42 Å². The third-order valence-electron chi connectivity index (χ3n) is 5.46. The summed E-state index contributed by atoms with van der Waals surface area (Å²) >= 11 is 0. The number of sulfone groups is 1. The molecular weight excluding hydrogens is 352 g/mol. The van der Waals surface area contributed by atoms with Gasteiger partial charge in [0.05, 0.1) is 17.2 Å². The Labute approximate surface area is 153 Å². The highest BCUT2D eigenvalue weighted by atomic mass is 32.2. The van der Waals surface area contributed by atoms with Gasteiger partial charge in [-0.25, -0.2) is 13.4 Å². The van der Waals surface area contributed by atoms with E-state index in [2.05, 4.69) is 14.8 Å². The highest BCUT2D eigenvalue weighted by Crippen LogP contribution is 2.19. The summed E-state index contributed by atoms with van der Waals surface area (Å²) in [4.78, 5) is 21.6. The molecule has 140 valence electrons. The second-order valence-corrected chi connectivity index (χ2v) is 9.57. The number of hydrogen-bond acceptors (Lipinski definition) is 6. The smallest absolute Gasteiger partial charge is 0.258 e. The summed E-state index contributed by atoms with van der Waals surface area (Å²) < 4.78 is 24.9. The summed E-state index contributed by atoms with van der Waals surface area (Å²) in [7, 11) is -2.84. The maximum absolute atomic E-state index is 12.3. The minimum Gasteiger partial charge on any atom is -0.297 e. The minimum absolute atomic E-state index is 0.0523. The van der Waals surface area contributed by atoms with Crippen molar-refractivity contribution in [2.45, 2.75) is 25.9 Å². The average molecular weight is 376 g/mol. The van der Waals surface area contributed by atoms with Gasteiger partial charge in [0.15, 0.2) is 9.84 Å². The summed E-state index contributed by atoms with van der Waals surface area (Å²) in [5.41, 5.74) is 2.44. The molecule has 4 heterocycles. The molecule has 0 amide bonds. The van der Waals surface area contributed by atoms with Crippen LogP contribution in [0.4, 0.5) is 0 Å². The Morgan fingerprint density at radius 1 is 1.23 bits per heavy atom. The molecule has 2 aliphatic heterocycles. The fourth-order valence-corrected chi connectivity index (χ4v) is 5.73. The third-order valence-corrected chi connectivity index (χ3v) is 7.21. The van der Waals surface area contributed by atoms with Crippen LogP contribution in [0.5, 0.6) is 0 Å². The quantitative estimate of drug-likeness (QED) is 0.767. The van der Waals surface area contributed by atoms with Gasteiger partial charge in [0.2, 0.25) is 0 Å². The van der Waals surface area contributed by atoms with Crippen LogP contribution in [0.2, 0.25) is 0 Å². The zero-order valence-corrected chi connectivity index (χ0v) is 15.8. The van der Waals surface area contributed by atoms with Crippen LogP contribution >= 0.6 is 0 Å². The molecular formula is C18H24N4O3S. The molecule has 2 aromatic rings. The van der Waals surface area contributed by atoms with Crippen LogP contribution in [-0.4, -0.2) is 71.3 Å². The van der Waals surface area contributed by atoms with E-state index < -0.39 is 9.84 Å². The van der Waals surface area contributed by atoms with Gasteiger partial charge < -0.3 is 0 Å². The van der Waals surface area contributed by atoms with Gasteiger partial charge >= 0.3 is 0 Å². The van der Waals surface area contributed by atoms with E-state index in [9.17, 15) is 13.2 Å². The zero-order chi connectivity index (χ0) is 18.3. The number of aryl methyl sites for hydroxylation is 1. The van der Waals surface area contributed by atoms with Crippen molar-refractivity contribution in [2.75, 3.05) is 37.7 Å².